The normalized spacial score (nSPS) is 19.6. The summed E-state index contributed by atoms with van der Waals surface area (Å²) in [4.78, 5) is 28.8. The monoisotopic (exact) mass is 344 g/mol. The molecule has 0 unspecified atom stereocenters. The van der Waals surface area contributed by atoms with Crippen LogP contribution in [0, 0.1) is 5.92 Å². The van der Waals surface area contributed by atoms with Gasteiger partial charge in [0.1, 0.15) is 0 Å². The summed E-state index contributed by atoms with van der Waals surface area (Å²) in [5.74, 6) is 0.377. The zero-order chi connectivity index (χ0) is 17.6. The number of piperidine rings is 1. The van der Waals surface area contributed by atoms with Gasteiger partial charge in [-0.1, -0.05) is 12.1 Å². The molecule has 2 heterocycles. The van der Waals surface area contributed by atoms with Crippen LogP contribution in [0.2, 0.25) is 0 Å². The van der Waals surface area contributed by atoms with Gasteiger partial charge in [0.05, 0.1) is 6.42 Å². The van der Waals surface area contributed by atoms with Crippen molar-refractivity contribution in [3.8, 4) is 0 Å². The number of carbonyl (C=O) groups excluding carboxylic acids is 2. The molecule has 2 amide bonds. The third kappa shape index (κ3) is 5.03. The average Bonchev–Trinajstić information content (AvgIpc) is 2.64. The van der Waals surface area contributed by atoms with Gasteiger partial charge in [-0.25, -0.2) is 0 Å². The quantitative estimate of drug-likeness (QED) is 0.853. The van der Waals surface area contributed by atoms with E-state index >= 15 is 0 Å². The Balaban J connectivity index is 1.49. The van der Waals surface area contributed by atoms with Crippen LogP contribution in [-0.2, 0) is 16.0 Å². The molecule has 0 saturated carbocycles. The topological polar surface area (TPSA) is 64.7 Å². The smallest absolute Gasteiger partial charge is 0.227 e. The van der Waals surface area contributed by atoms with Gasteiger partial charge in [-0.15, -0.1) is 0 Å². The van der Waals surface area contributed by atoms with E-state index in [-0.39, 0.29) is 17.7 Å². The summed E-state index contributed by atoms with van der Waals surface area (Å²) in [6, 6.07) is 7.66. The predicted octanol–water partition coefficient (Wildman–Crippen LogP) is 0.941. The van der Waals surface area contributed by atoms with Crippen LogP contribution in [0.1, 0.15) is 18.4 Å². The second-order valence-corrected chi connectivity index (χ2v) is 7.07. The van der Waals surface area contributed by atoms with E-state index in [1.807, 2.05) is 29.2 Å². The van der Waals surface area contributed by atoms with Crippen LogP contribution in [0.25, 0.3) is 0 Å². The molecule has 2 saturated heterocycles. The summed E-state index contributed by atoms with van der Waals surface area (Å²) in [7, 11) is 2.08. The zero-order valence-corrected chi connectivity index (χ0v) is 15.0. The number of rotatable bonds is 4. The first-order chi connectivity index (χ1) is 12.1. The van der Waals surface area contributed by atoms with E-state index < -0.39 is 0 Å². The SMILES string of the molecule is CN1CCN(C(=O)Cc2ccc(NC(=O)C3CCNCC3)cc2)CC1. The fourth-order valence-corrected chi connectivity index (χ4v) is 3.38. The Morgan fingerprint density at radius 1 is 1.08 bits per heavy atom. The first kappa shape index (κ1) is 17.9. The Bertz CT molecular complexity index is 588. The molecule has 6 heteroatoms. The Labute approximate surface area is 149 Å². The molecule has 1 aromatic carbocycles. The highest BCUT2D eigenvalue weighted by Crippen LogP contribution is 2.17. The lowest BCUT2D eigenvalue weighted by molar-refractivity contribution is -0.132. The number of benzene rings is 1. The van der Waals surface area contributed by atoms with E-state index in [0.717, 1.165) is 63.4 Å². The maximum absolute atomic E-state index is 12.4. The fourth-order valence-electron chi connectivity index (χ4n) is 3.38. The van der Waals surface area contributed by atoms with Crippen molar-refractivity contribution in [3.63, 3.8) is 0 Å². The molecular weight excluding hydrogens is 316 g/mol. The van der Waals surface area contributed by atoms with E-state index in [4.69, 9.17) is 0 Å². The summed E-state index contributed by atoms with van der Waals surface area (Å²) in [5, 5.41) is 6.26. The van der Waals surface area contributed by atoms with Crippen molar-refractivity contribution in [2.75, 3.05) is 51.6 Å². The standard InChI is InChI=1S/C19H28N4O2/c1-22-10-12-23(13-11-22)18(24)14-15-2-4-17(5-3-15)21-19(25)16-6-8-20-9-7-16/h2-5,16,20H,6-14H2,1H3,(H,21,25). The molecule has 136 valence electrons. The van der Waals surface area contributed by atoms with E-state index in [1.54, 1.807) is 0 Å². The van der Waals surface area contributed by atoms with Crippen molar-refractivity contribution < 1.29 is 9.59 Å². The van der Waals surface area contributed by atoms with Gasteiger partial charge in [0.2, 0.25) is 11.8 Å². The molecule has 2 fully saturated rings. The minimum atomic E-state index is 0.0970. The number of nitrogens with zero attached hydrogens (tertiary/aromatic N) is 2. The molecule has 1 aromatic rings. The average molecular weight is 344 g/mol. The summed E-state index contributed by atoms with van der Waals surface area (Å²) in [5.41, 5.74) is 1.79. The first-order valence-electron chi connectivity index (χ1n) is 9.18. The van der Waals surface area contributed by atoms with Crippen LogP contribution >= 0.6 is 0 Å². The summed E-state index contributed by atoms with van der Waals surface area (Å²) in [6.45, 7) is 5.30. The highest BCUT2D eigenvalue weighted by molar-refractivity contribution is 5.92. The van der Waals surface area contributed by atoms with Crippen LogP contribution in [0.4, 0.5) is 5.69 Å². The van der Waals surface area contributed by atoms with Gasteiger partial charge in [0, 0.05) is 37.8 Å². The molecule has 0 bridgehead atoms. The van der Waals surface area contributed by atoms with Gasteiger partial charge in [-0.05, 0) is 50.7 Å². The molecule has 2 aliphatic rings. The molecule has 2 N–H and O–H groups in total. The van der Waals surface area contributed by atoms with Crippen molar-refractivity contribution in [2.24, 2.45) is 5.92 Å². The predicted molar refractivity (Wildman–Crippen MR) is 98.4 cm³/mol. The lowest BCUT2D eigenvalue weighted by atomic mass is 9.97. The Kier molecular flexibility index (Phi) is 6.04. The zero-order valence-electron chi connectivity index (χ0n) is 15.0. The minimum Gasteiger partial charge on any atom is -0.340 e. The van der Waals surface area contributed by atoms with Crippen LogP contribution in [0.15, 0.2) is 24.3 Å². The van der Waals surface area contributed by atoms with Crippen LogP contribution < -0.4 is 10.6 Å². The largest absolute Gasteiger partial charge is 0.340 e. The van der Waals surface area contributed by atoms with Gasteiger partial charge in [0.25, 0.3) is 0 Å². The van der Waals surface area contributed by atoms with Crippen LogP contribution in [0.5, 0.6) is 0 Å². The second-order valence-electron chi connectivity index (χ2n) is 7.07. The lowest BCUT2D eigenvalue weighted by Crippen LogP contribution is -2.47. The van der Waals surface area contributed by atoms with Gasteiger partial charge >= 0.3 is 0 Å². The Morgan fingerprint density at radius 3 is 2.36 bits per heavy atom. The molecule has 0 aromatic heterocycles. The second kappa shape index (κ2) is 8.45. The van der Waals surface area contributed by atoms with Crippen molar-refractivity contribution in [1.82, 2.24) is 15.1 Å². The third-order valence-electron chi connectivity index (χ3n) is 5.14. The van der Waals surface area contributed by atoms with E-state index in [0.29, 0.717) is 6.42 Å². The molecular formula is C19H28N4O2. The summed E-state index contributed by atoms with van der Waals surface area (Å²) >= 11 is 0. The summed E-state index contributed by atoms with van der Waals surface area (Å²) in [6.07, 6.45) is 2.21. The first-order valence-corrected chi connectivity index (χ1v) is 9.18. The highest BCUT2D eigenvalue weighted by Gasteiger charge is 2.21. The van der Waals surface area contributed by atoms with E-state index in [9.17, 15) is 9.59 Å². The Morgan fingerprint density at radius 2 is 1.72 bits per heavy atom. The molecule has 3 rings (SSSR count). The van der Waals surface area contributed by atoms with Crippen molar-refractivity contribution in [2.45, 2.75) is 19.3 Å². The number of likely N-dealkylation sites (N-methyl/N-ethyl adjacent to an activating group) is 1. The fraction of sp³-hybridized carbons (Fsp3) is 0.579. The van der Waals surface area contributed by atoms with Gasteiger partial charge in [-0.2, -0.15) is 0 Å². The van der Waals surface area contributed by atoms with Gasteiger partial charge in [-0.3, -0.25) is 9.59 Å². The lowest BCUT2D eigenvalue weighted by Gasteiger charge is -2.32. The van der Waals surface area contributed by atoms with Crippen molar-refractivity contribution in [3.05, 3.63) is 29.8 Å². The van der Waals surface area contributed by atoms with Gasteiger partial charge < -0.3 is 20.4 Å². The van der Waals surface area contributed by atoms with Crippen LogP contribution in [-0.4, -0.2) is 67.9 Å². The van der Waals surface area contributed by atoms with Crippen LogP contribution in [0.3, 0.4) is 0 Å². The molecule has 0 atom stereocenters. The molecule has 0 spiro atoms. The molecule has 6 nitrogen and oxygen atoms in total. The van der Waals surface area contributed by atoms with E-state index in [1.165, 1.54) is 0 Å². The number of anilines is 1. The number of amides is 2. The molecule has 25 heavy (non-hydrogen) atoms. The number of piperazine rings is 1. The molecule has 0 aliphatic carbocycles. The maximum atomic E-state index is 12.4. The Hall–Kier alpha value is -1.92. The van der Waals surface area contributed by atoms with Crippen molar-refractivity contribution in [1.29, 1.82) is 0 Å². The number of hydrogen-bond acceptors (Lipinski definition) is 4. The number of nitrogens with one attached hydrogen (secondary N) is 2. The summed E-state index contributed by atoms with van der Waals surface area (Å²) < 4.78 is 0. The third-order valence-corrected chi connectivity index (χ3v) is 5.14. The van der Waals surface area contributed by atoms with Gasteiger partial charge in [0.15, 0.2) is 0 Å². The highest BCUT2D eigenvalue weighted by atomic mass is 16.2. The number of hydrogen-bond donors (Lipinski definition) is 2. The maximum Gasteiger partial charge on any atom is 0.227 e. The molecule has 0 radical (unpaired) electrons. The van der Waals surface area contributed by atoms with E-state index in [2.05, 4.69) is 22.6 Å². The number of carbonyl (C=O) groups is 2. The van der Waals surface area contributed by atoms with Crippen molar-refractivity contribution >= 4 is 17.5 Å². The minimum absolute atomic E-state index is 0.0970. The molecule has 2 aliphatic heterocycles.